The molecule has 5 heteroatoms. The van der Waals surface area contributed by atoms with Crippen LogP contribution >= 0.6 is 0 Å². The maximum atomic E-state index is 12.4. The van der Waals surface area contributed by atoms with Crippen LogP contribution in [0.1, 0.15) is 24.0 Å². The number of carbonyl (C=O) groups excluding carboxylic acids is 1. The first-order valence-corrected chi connectivity index (χ1v) is 8.23. The van der Waals surface area contributed by atoms with Crippen molar-refractivity contribution >= 4 is 11.9 Å². The van der Waals surface area contributed by atoms with E-state index in [1.807, 2.05) is 11.0 Å². The third-order valence-electron chi connectivity index (χ3n) is 4.46. The Morgan fingerprint density at radius 2 is 2.00 bits per heavy atom. The van der Waals surface area contributed by atoms with E-state index >= 15 is 0 Å². The summed E-state index contributed by atoms with van der Waals surface area (Å²) in [5.74, 6) is 0.816. The SMILES string of the molecule is CN=C(NCC(=O)N1CCc2ccccc2C1)NC1CC=CC1. The molecule has 0 saturated heterocycles. The van der Waals surface area contributed by atoms with Crippen molar-refractivity contribution in [1.82, 2.24) is 15.5 Å². The summed E-state index contributed by atoms with van der Waals surface area (Å²) in [5, 5.41) is 6.48. The van der Waals surface area contributed by atoms with Crippen LogP contribution in [0.5, 0.6) is 0 Å². The molecule has 3 rings (SSSR count). The minimum absolute atomic E-state index is 0.118. The molecule has 1 aromatic rings. The van der Waals surface area contributed by atoms with Gasteiger partial charge in [0.2, 0.25) is 5.91 Å². The second kappa shape index (κ2) is 7.31. The van der Waals surface area contributed by atoms with Crippen LogP contribution in [-0.2, 0) is 17.8 Å². The van der Waals surface area contributed by atoms with Gasteiger partial charge < -0.3 is 15.5 Å². The summed E-state index contributed by atoms with van der Waals surface area (Å²) in [7, 11) is 1.74. The Morgan fingerprint density at radius 1 is 1.26 bits per heavy atom. The first-order valence-electron chi connectivity index (χ1n) is 8.23. The van der Waals surface area contributed by atoms with E-state index < -0.39 is 0 Å². The van der Waals surface area contributed by atoms with Crippen molar-refractivity contribution in [2.75, 3.05) is 20.1 Å². The fourth-order valence-electron chi connectivity index (χ4n) is 3.10. The quantitative estimate of drug-likeness (QED) is 0.505. The van der Waals surface area contributed by atoms with Crippen molar-refractivity contribution in [1.29, 1.82) is 0 Å². The summed E-state index contributed by atoms with van der Waals surface area (Å²) in [4.78, 5) is 18.6. The third kappa shape index (κ3) is 3.92. The summed E-state index contributed by atoms with van der Waals surface area (Å²) in [6, 6.07) is 8.74. The van der Waals surface area contributed by atoms with Gasteiger partial charge in [-0.3, -0.25) is 9.79 Å². The third-order valence-corrected chi connectivity index (χ3v) is 4.46. The van der Waals surface area contributed by atoms with Gasteiger partial charge in [0.25, 0.3) is 0 Å². The van der Waals surface area contributed by atoms with E-state index in [2.05, 4.69) is 46.0 Å². The predicted molar refractivity (Wildman–Crippen MR) is 92.2 cm³/mol. The van der Waals surface area contributed by atoms with E-state index in [4.69, 9.17) is 0 Å². The number of guanidine groups is 1. The largest absolute Gasteiger partial charge is 0.353 e. The fourth-order valence-corrected chi connectivity index (χ4v) is 3.10. The molecule has 0 aromatic heterocycles. The Morgan fingerprint density at radius 3 is 2.74 bits per heavy atom. The molecule has 0 fully saturated rings. The highest BCUT2D eigenvalue weighted by atomic mass is 16.2. The Labute approximate surface area is 137 Å². The Hall–Kier alpha value is -2.30. The van der Waals surface area contributed by atoms with Gasteiger partial charge in [0, 0.05) is 26.2 Å². The number of nitrogens with zero attached hydrogens (tertiary/aromatic N) is 2. The van der Waals surface area contributed by atoms with Crippen LogP contribution in [0.4, 0.5) is 0 Å². The highest BCUT2D eigenvalue weighted by Crippen LogP contribution is 2.18. The summed E-state index contributed by atoms with van der Waals surface area (Å²) >= 11 is 0. The van der Waals surface area contributed by atoms with Gasteiger partial charge in [-0.15, -0.1) is 0 Å². The molecule has 1 aliphatic carbocycles. The predicted octanol–water partition coefficient (Wildman–Crippen LogP) is 1.45. The van der Waals surface area contributed by atoms with E-state index in [-0.39, 0.29) is 12.5 Å². The lowest BCUT2D eigenvalue weighted by atomic mass is 10.00. The normalized spacial score (nSPS) is 18.0. The lowest BCUT2D eigenvalue weighted by Crippen LogP contribution is -2.47. The maximum Gasteiger partial charge on any atom is 0.242 e. The van der Waals surface area contributed by atoms with E-state index in [1.165, 1.54) is 11.1 Å². The van der Waals surface area contributed by atoms with Crippen LogP contribution in [0, 0.1) is 0 Å². The van der Waals surface area contributed by atoms with Gasteiger partial charge in [-0.2, -0.15) is 0 Å². The van der Waals surface area contributed by atoms with Crippen LogP contribution in [0.15, 0.2) is 41.4 Å². The van der Waals surface area contributed by atoms with Gasteiger partial charge in [0.15, 0.2) is 5.96 Å². The molecule has 1 amide bonds. The Kier molecular flexibility index (Phi) is 4.95. The number of hydrogen-bond acceptors (Lipinski definition) is 2. The summed E-state index contributed by atoms with van der Waals surface area (Å²) in [6.07, 6.45) is 7.29. The van der Waals surface area contributed by atoms with E-state index in [9.17, 15) is 4.79 Å². The zero-order valence-corrected chi connectivity index (χ0v) is 13.6. The molecule has 2 aliphatic rings. The monoisotopic (exact) mass is 312 g/mol. The average Bonchev–Trinajstić information content (AvgIpc) is 3.11. The zero-order chi connectivity index (χ0) is 16.1. The first-order chi connectivity index (χ1) is 11.3. The minimum atomic E-state index is 0.118. The topological polar surface area (TPSA) is 56.7 Å². The Bertz CT molecular complexity index is 615. The highest BCUT2D eigenvalue weighted by molar-refractivity contribution is 5.86. The molecule has 5 nitrogen and oxygen atoms in total. The number of benzene rings is 1. The molecule has 1 heterocycles. The lowest BCUT2D eigenvalue weighted by Gasteiger charge is -2.29. The van der Waals surface area contributed by atoms with E-state index in [0.29, 0.717) is 18.5 Å². The standard InChI is InChI=1S/C18H24N4O/c1-19-18(21-16-8-4-5-9-16)20-12-17(23)22-11-10-14-6-2-3-7-15(14)13-22/h2-7,16H,8-13H2,1H3,(H2,19,20,21). The van der Waals surface area contributed by atoms with Gasteiger partial charge in [0.05, 0.1) is 6.54 Å². The van der Waals surface area contributed by atoms with Crippen LogP contribution in [0.3, 0.4) is 0 Å². The molecule has 0 unspecified atom stereocenters. The second-order valence-electron chi connectivity index (χ2n) is 6.04. The van der Waals surface area contributed by atoms with E-state index in [1.54, 1.807) is 7.05 Å². The molecule has 2 N–H and O–H groups in total. The molecule has 0 atom stereocenters. The van der Waals surface area contributed by atoms with Gasteiger partial charge in [-0.05, 0) is 30.4 Å². The molecular formula is C18H24N4O. The molecule has 1 aliphatic heterocycles. The molecule has 0 radical (unpaired) electrons. The lowest BCUT2D eigenvalue weighted by molar-refractivity contribution is -0.130. The fraction of sp³-hybridized carbons (Fsp3) is 0.444. The first kappa shape index (κ1) is 15.6. The van der Waals surface area contributed by atoms with Crippen molar-refractivity contribution in [2.45, 2.75) is 31.8 Å². The van der Waals surface area contributed by atoms with E-state index in [0.717, 1.165) is 25.8 Å². The number of fused-ring (bicyclic) bond motifs is 1. The van der Waals surface area contributed by atoms with Crippen molar-refractivity contribution in [3.05, 3.63) is 47.5 Å². The smallest absolute Gasteiger partial charge is 0.242 e. The van der Waals surface area contributed by atoms with Crippen LogP contribution in [-0.4, -0.2) is 42.9 Å². The number of rotatable bonds is 3. The van der Waals surface area contributed by atoms with Gasteiger partial charge >= 0.3 is 0 Å². The highest BCUT2D eigenvalue weighted by Gasteiger charge is 2.20. The number of nitrogens with one attached hydrogen (secondary N) is 2. The molecule has 0 spiro atoms. The minimum Gasteiger partial charge on any atom is -0.353 e. The van der Waals surface area contributed by atoms with Crippen molar-refractivity contribution < 1.29 is 4.79 Å². The van der Waals surface area contributed by atoms with Crippen molar-refractivity contribution in [2.24, 2.45) is 4.99 Å². The summed E-state index contributed by atoms with van der Waals surface area (Å²) < 4.78 is 0. The maximum absolute atomic E-state index is 12.4. The molecule has 122 valence electrons. The second-order valence-corrected chi connectivity index (χ2v) is 6.04. The summed E-state index contributed by atoms with van der Waals surface area (Å²) in [6.45, 7) is 1.77. The summed E-state index contributed by atoms with van der Waals surface area (Å²) in [5.41, 5.74) is 2.61. The Balaban J connectivity index is 1.49. The molecule has 1 aromatic carbocycles. The number of hydrogen-bond donors (Lipinski definition) is 2. The molecule has 23 heavy (non-hydrogen) atoms. The van der Waals surface area contributed by atoms with Gasteiger partial charge in [0.1, 0.15) is 0 Å². The molecular weight excluding hydrogens is 288 g/mol. The average molecular weight is 312 g/mol. The van der Waals surface area contributed by atoms with Crippen LogP contribution < -0.4 is 10.6 Å². The number of amides is 1. The van der Waals surface area contributed by atoms with Crippen LogP contribution in [0.2, 0.25) is 0 Å². The molecule has 0 bridgehead atoms. The zero-order valence-electron chi connectivity index (χ0n) is 13.6. The number of carbonyl (C=O) groups is 1. The van der Waals surface area contributed by atoms with Crippen molar-refractivity contribution in [3.8, 4) is 0 Å². The molecule has 0 saturated carbocycles. The van der Waals surface area contributed by atoms with Crippen molar-refractivity contribution in [3.63, 3.8) is 0 Å². The van der Waals surface area contributed by atoms with Gasteiger partial charge in [-0.1, -0.05) is 36.4 Å². The van der Waals surface area contributed by atoms with Crippen LogP contribution in [0.25, 0.3) is 0 Å². The van der Waals surface area contributed by atoms with Gasteiger partial charge in [-0.25, -0.2) is 0 Å². The number of aliphatic imine (C=N–C) groups is 1.